The first-order valence-electron chi connectivity index (χ1n) is 7.58. The molecule has 4 heteroatoms. The van der Waals surface area contributed by atoms with E-state index >= 15 is 0 Å². The molecule has 0 bridgehead atoms. The summed E-state index contributed by atoms with van der Waals surface area (Å²) in [6.07, 6.45) is 8.13. The molecular weight excluding hydrogens is 240 g/mol. The first-order valence-corrected chi connectivity index (χ1v) is 7.58. The highest BCUT2D eigenvalue weighted by Crippen LogP contribution is 2.20. The van der Waals surface area contributed by atoms with Gasteiger partial charge in [0.25, 0.3) is 0 Å². The molecule has 1 atom stereocenters. The SMILES string of the molecule is CCCCCCCC(=O)N1CCCC1C(=O)N(C)C. The first-order chi connectivity index (χ1) is 9.07. The van der Waals surface area contributed by atoms with E-state index < -0.39 is 0 Å². The number of rotatable bonds is 7. The number of hydrogen-bond acceptors (Lipinski definition) is 2. The number of likely N-dealkylation sites (N-methyl/N-ethyl adjacent to an activating group) is 1. The second-order valence-electron chi connectivity index (χ2n) is 5.64. The van der Waals surface area contributed by atoms with E-state index in [0.29, 0.717) is 6.42 Å². The van der Waals surface area contributed by atoms with Crippen molar-refractivity contribution in [1.82, 2.24) is 9.80 Å². The Hall–Kier alpha value is -1.06. The second-order valence-corrected chi connectivity index (χ2v) is 5.64. The highest BCUT2D eigenvalue weighted by atomic mass is 16.2. The van der Waals surface area contributed by atoms with E-state index in [0.717, 1.165) is 32.2 Å². The summed E-state index contributed by atoms with van der Waals surface area (Å²) in [6.45, 7) is 2.94. The molecule has 2 amide bonds. The number of nitrogens with zero attached hydrogens (tertiary/aromatic N) is 2. The van der Waals surface area contributed by atoms with Crippen molar-refractivity contribution in [3.63, 3.8) is 0 Å². The van der Waals surface area contributed by atoms with E-state index in [-0.39, 0.29) is 17.9 Å². The van der Waals surface area contributed by atoms with Gasteiger partial charge in [0, 0.05) is 27.1 Å². The Balaban J connectivity index is 2.36. The molecule has 1 saturated heterocycles. The summed E-state index contributed by atoms with van der Waals surface area (Å²) in [7, 11) is 3.52. The molecule has 0 spiro atoms. The zero-order valence-corrected chi connectivity index (χ0v) is 12.7. The average Bonchev–Trinajstić information content (AvgIpc) is 2.86. The van der Waals surface area contributed by atoms with Crippen LogP contribution in [0.15, 0.2) is 0 Å². The smallest absolute Gasteiger partial charge is 0.244 e. The molecule has 0 aromatic rings. The van der Waals surface area contributed by atoms with Gasteiger partial charge in [-0.05, 0) is 19.3 Å². The number of amides is 2. The number of carbonyl (C=O) groups excluding carboxylic acids is 2. The van der Waals surface area contributed by atoms with Crippen molar-refractivity contribution in [1.29, 1.82) is 0 Å². The van der Waals surface area contributed by atoms with Crippen LogP contribution in [-0.2, 0) is 9.59 Å². The lowest BCUT2D eigenvalue weighted by atomic mass is 10.1. The Bertz CT molecular complexity index is 303. The van der Waals surface area contributed by atoms with E-state index in [2.05, 4.69) is 6.92 Å². The van der Waals surface area contributed by atoms with E-state index in [1.807, 2.05) is 0 Å². The maximum absolute atomic E-state index is 12.2. The van der Waals surface area contributed by atoms with Gasteiger partial charge in [0.05, 0.1) is 0 Å². The van der Waals surface area contributed by atoms with Crippen LogP contribution in [-0.4, -0.2) is 48.3 Å². The highest BCUT2D eigenvalue weighted by molar-refractivity contribution is 5.88. The zero-order chi connectivity index (χ0) is 14.3. The van der Waals surface area contributed by atoms with Gasteiger partial charge in [-0.3, -0.25) is 9.59 Å². The van der Waals surface area contributed by atoms with Crippen LogP contribution in [0.4, 0.5) is 0 Å². The molecule has 1 heterocycles. The summed E-state index contributed by atoms with van der Waals surface area (Å²) in [5, 5.41) is 0. The Labute approximate surface area is 117 Å². The van der Waals surface area contributed by atoms with Crippen LogP contribution >= 0.6 is 0 Å². The lowest BCUT2D eigenvalue weighted by Gasteiger charge is -2.26. The van der Waals surface area contributed by atoms with Crippen LogP contribution in [0.2, 0.25) is 0 Å². The molecular formula is C15H28N2O2. The van der Waals surface area contributed by atoms with Gasteiger partial charge in [0.1, 0.15) is 6.04 Å². The normalized spacial score (nSPS) is 18.7. The van der Waals surface area contributed by atoms with Crippen LogP contribution in [0.1, 0.15) is 58.3 Å². The monoisotopic (exact) mass is 268 g/mol. The zero-order valence-electron chi connectivity index (χ0n) is 12.7. The molecule has 1 aliphatic heterocycles. The van der Waals surface area contributed by atoms with Crippen LogP contribution < -0.4 is 0 Å². The Morgan fingerprint density at radius 2 is 1.84 bits per heavy atom. The second kappa shape index (κ2) is 8.18. The van der Waals surface area contributed by atoms with Crippen molar-refractivity contribution in [3.8, 4) is 0 Å². The molecule has 0 aromatic heterocycles. The summed E-state index contributed by atoms with van der Waals surface area (Å²) in [4.78, 5) is 27.6. The predicted molar refractivity (Wildman–Crippen MR) is 76.8 cm³/mol. The fraction of sp³-hybridized carbons (Fsp3) is 0.867. The van der Waals surface area contributed by atoms with E-state index in [9.17, 15) is 9.59 Å². The number of likely N-dealkylation sites (tertiary alicyclic amines) is 1. The van der Waals surface area contributed by atoms with Gasteiger partial charge in [-0.2, -0.15) is 0 Å². The van der Waals surface area contributed by atoms with E-state index in [4.69, 9.17) is 0 Å². The van der Waals surface area contributed by atoms with Gasteiger partial charge >= 0.3 is 0 Å². The van der Waals surface area contributed by atoms with Crippen LogP contribution in [0.3, 0.4) is 0 Å². The molecule has 0 saturated carbocycles. The summed E-state index contributed by atoms with van der Waals surface area (Å²) >= 11 is 0. The van der Waals surface area contributed by atoms with Crippen LogP contribution in [0.5, 0.6) is 0 Å². The molecule has 1 rings (SSSR count). The van der Waals surface area contributed by atoms with E-state index in [1.165, 1.54) is 19.3 Å². The minimum absolute atomic E-state index is 0.0665. The topological polar surface area (TPSA) is 40.6 Å². The third kappa shape index (κ3) is 4.84. The molecule has 19 heavy (non-hydrogen) atoms. The van der Waals surface area contributed by atoms with Crippen LogP contribution in [0.25, 0.3) is 0 Å². The molecule has 1 fully saturated rings. The molecule has 0 radical (unpaired) electrons. The van der Waals surface area contributed by atoms with Gasteiger partial charge in [-0.15, -0.1) is 0 Å². The Morgan fingerprint density at radius 1 is 1.16 bits per heavy atom. The molecule has 0 aromatic carbocycles. The number of carbonyl (C=O) groups is 2. The quantitative estimate of drug-likeness (QED) is 0.665. The standard InChI is InChI=1S/C15H28N2O2/c1-4-5-6-7-8-11-14(18)17-12-9-10-13(17)15(19)16(2)3/h13H,4-12H2,1-3H3. The molecule has 0 aliphatic carbocycles. The lowest BCUT2D eigenvalue weighted by Crippen LogP contribution is -2.45. The Kier molecular flexibility index (Phi) is 6.89. The summed E-state index contributed by atoms with van der Waals surface area (Å²) in [5.41, 5.74) is 0. The molecule has 0 N–H and O–H groups in total. The lowest BCUT2D eigenvalue weighted by molar-refractivity contribution is -0.142. The van der Waals surface area contributed by atoms with Crippen LogP contribution in [0, 0.1) is 0 Å². The van der Waals surface area contributed by atoms with Crippen molar-refractivity contribution >= 4 is 11.8 Å². The highest BCUT2D eigenvalue weighted by Gasteiger charge is 2.34. The minimum atomic E-state index is -0.210. The third-order valence-electron chi connectivity index (χ3n) is 3.79. The molecule has 4 nitrogen and oxygen atoms in total. The number of hydrogen-bond donors (Lipinski definition) is 0. The molecule has 1 aliphatic rings. The van der Waals surface area contributed by atoms with Crippen molar-refractivity contribution in [2.75, 3.05) is 20.6 Å². The number of unbranched alkanes of at least 4 members (excludes halogenated alkanes) is 4. The van der Waals surface area contributed by atoms with Gasteiger partial charge in [-0.1, -0.05) is 32.6 Å². The fourth-order valence-electron chi connectivity index (χ4n) is 2.64. The van der Waals surface area contributed by atoms with Crippen molar-refractivity contribution in [3.05, 3.63) is 0 Å². The third-order valence-corrected chi connectivity index (χ3v) is 3.79. The summed E-state index contributed by atoms with van der Waals surface area (Å²) in [5.74, 6) is 0.228. The van der Waals surface area contributed by atoms with Crippen molar-refractivity contribution in [2.24, 2.45) is 0 Å². The largest absolute Gasteiger partial charge is 0.347 e. The van der Waals surface area contributed by atoms with Crippen molar-refractivity contribution < 1.29 is 9.59 Å². The first kappa shape index (κ1) is 16.0. The summed E-state index contributed by atoms with van der Waals surface area (Å²) < 4.78 is 0. The van der Waals surface area contributed by atoms with Gasteiger partial charge in [0.2, 0.25) is 11.8 Å². The van der Waals surface area contributed by atoms with E-state index in [1.54, 1.807) is 23.9 Å². The Morgan fingerprint density at radius 3 is 2.47 bits per heavy atom. The summed E-state index contributed by atoms with van der Waals surface area (Å²) in [6, 6.07) is -0.210. The van der Waals surface area contributed by atoms with Crippen molar-refractivity contribution in [2.45, 2.75) is 64.3 Å². The average molecular weight is 268 g/mol. The molecule has 110 valence electrons. The predicted octanol–water partition coefficient (Wildman–Crippen LogP) is 2.43. The van der Waals surface area contributed by atoms with Gasteiger partial charge < -0.3 is 9.80 Å². The van der Waals surface area contributed by atoms with Gasteiger partial charge in [-0.25, -0.2) is 0 Å². The maximum Gasteiger partial charge on any atom is 0.244 e. The molecule has 1 unspecified atom stereocenters. The maximum atomic E-state index is 12.2. The minimum Gasteiger partial charge on any atom is -0.347 e. The fourth-order valence-corrected chi connectivity index (χ4v) is 2.64. The van der Waals surface area contributed by atoms with Gasteiger partial charge in [0.15, 0.2) is 0 Å².